The maximum Gasteiger partial charge on any atom is 0.277 e. The number of nitrogens with one attached hydrogen (secondary N) is 1. The summed E-state index contributed by atoms with van der Waals surface area (Å²) in [7, 11) is -3.69. The van der Waals surface area contributed by atoms with Crippen molar-refractivity contribution in [2.45, 2.75) is 11.4 Å². The van der Waals surface area contributed by atoms with E-state index < -0.39 is 15.9 Å². The van der Waals surface area contributed by atoms with Crippen LogP contribution < -0.4 is 10.4 Å². The van der Waals surface area contributed by atoms with E-state index in [-0.39, 0.29) is 36.8 Å². The quantitative estimate of drug-likeness (QED) is 0.193. The Morgan fingerprint density at radius 3 is 2.21 bits per heavy atom. The number of piperazine rings is 1. The van der Waals surface area contributed by atoms with E-state index in [9.17, 15) is 23.4 Å². The topological polar surface area (TPSA) is 159 Å². The second kappa shape index (κ2) is 12.7. The van der Waals surface area contributed by atoms with E-state index in [1.807, 2.05) is 21.2 Å². The monoisotopic (exact) mass is 562 g/mol. The number of carbonyl (C=O) groups excluding carboxylic acids is 1. The van der Waals surface area contributed by atoms with E-state index in [2.05, 4.69) is 9.97 Å². The lowest BCUT2D eigenvalue weighted by Crippen LogP contribution is -2.49. The van der Waals surface area contributed by atoms with Gasteiger partial charge in [0, 0.05) is 63.1 Å². The van der Waals surface area contributed by atoms with E-state index in [1.165, 1.54) is 22.2 Å². The molecule has 1 aromatic carbocycles. The zero-order chi connectivity index (χ0) is 27.1. The van der Waals surface area contributed by atoms with Crippen molar-refractivity contribution in [1.29, 1.82) is 0 Å². The Morgan fingerprint density at radius 2 is 1.63 bits per heavy atom. The third-order valence-electron chi connectivity index (χ3n) is 6.27. The van der Waals surface area contributed by atoms with Crippen LogP contribution in [0.15, 0.2) is 53.0 Å². The Morgan fingerprint density at radius 1 is 1.00 bits per heavy atom. The van der Waals surface area contributed by atoms with Gasteiger partial charge in [0.2, 0.25) is 16.0 Å². The summed E-state index contributed by atoms with van der Waals surface area (Å²) < 4.78 is 28.0. The Bertz CT molecular complexity index is 1300. The molecule has 0 bridgehead atoms. The maximum atomic E-state index is 13.3. The van der Waals surface area contributed by atoms with Gasteiger partial charge >= 0.3 is 0 Å². The fourth-order valence-electron chi connectivity index (χ4n) is 4.23. The predicted octanol–water partition coefficient (Wildman–Crippen LogP) is 0.622. The number of sulfonamides is 1. The van der Waals surface area contributed by atoms with Gasteiger partial charge in [0.1, 0.15) is 0 Å². The number of aliphatic hydroxyl groups is 2. The number of amides is 1. The summed E-state index contributed by atoms with van der Waals surface area (Å²) in [4.78, 5) is 24.8. The van der Waals surface area contributed by atoms with Crippen molar-refractivity contribution in [2.24, 2.45) is 0 Å². The van der Waals surface area contributed by atoms with Crippen LogP contribution >= 0.6 is 11.3 Å². The fraction of sp³-hybridized carbons (Fsp3) is 0.375. The molecule has 1 aliphatic rings. The summed E-state index contributed by atoms with van der Waals surface area (Å²) >= 11 is 1.58. The normalized spacial score (nSPS) is 14.7. The van der Waals surface area contributed by atoms with Crippen LogP contribution in [0.2, 0.25) is 0 Å². The predicted molar refractivity (Wildman–Crippen MR) is 141 cm³/mol. The second-order valence-electron chi connectivity index (χ2n) is 8.61. The first kappa shape index (κ1) is 28.0. The largest absolute Gasteiger partial charge is 0.395 e. The van der Waals surface area contributed by atoms with E-state index in [1.54, 1.807) is 35.6 Å². The summed E-state index contributed by atoms with van der Waals surface area (Å²) in [6, 6.07) is 8.82. The molecule has 14 heteroatoms. The van der Waals surface area contributed by atoms with Crippen molar-refractivity contribution in [3.8, 4) is 11.1 Å². The molecule has 1 saturated heterocycles. The highest BCUT2D eigenvalue weighted by atomic mass is 32.2. The van der Waals surface area contributed by atoms with Gasteiger partial charge in [-0.05, 0) is 34.7 Å². The van der Waals surface area contributed by atoms with Crippen LogP contribution in [0.3, 0.4) is 0 Å². The molecule has 12 nitrogen and oxygen atoms in total. The average Bonchev–Trinajstić information content (AvgIpc) is 3.41. The molecule has 4 rings (SSSR count). The summed E-state index contributed by atoms with van der Waals surface area (Å²) in [5, 5.41) is 29.3. The molecule has 2 aromatic heterocycles. The van der Waals surface area contributed by atoms with Gasteiger partial charge in [-0.15, -0.1) is 11.3 Å². The molecule has 1 fully saturated rings. The number of hydrogen-bond donors (Lipinski definition) is 4. The molecular formula is C24H30N6O6S2. The Hall–Kier alpha value is -2.98. The van der Waals surface area contributed by atoms with Crippen molar-refractivity contribution in [3.05, 3.63) is 58.5 Å². The molecule has 38 heavy (non-hydrogen) atoms. The number of benzene rings is 1. The van der Waals surface area contributed by atoms with E-state index in [4.69, 9.17) is 5.21 Å². The number of aromatic nitrogens is 2. The number of nitrogens with zero attached hydrogens (tertiary/aromatic N) is 5. The number of rotatable bonds is 11. The van der Waals surface area contributed by atoms with Gasteiger partial charge in [-0.25, -0.2) is 23.9 Å². The van der Waals surface area contributed by atoms with E-state index in [0.717, 1.165) is 16.0 Å². The number of aliphatic hydroxyl groups excluding tert-OH is 2. The minimum Gasteiger partial charge on any atom is -0.395 e. The molecule has 0 radical (unpaired) electrons. The Labute approximate surface area is 224 Å². The molecule has 3 aromatic rings. The average molecular weight is 563 g/mol. The van der Waals surface area contributed by atoms with Crippen LogP contribution in [0.4, 0.5) is 5.95 Å². The third-order valence-corrected chi connectivity index (χ3v) is 9.09. The Balaban J connectivity index is 1.41. The first-order valence-electron chi connectivity index (χ1n) is 12.0. The van der Waals surface area contributed by atoms with E-state index >= 15 is 0 Å². The molecule has 0 unspecified atom stereocenters. The summed E-state index contributed by atoms with van der Waals surface area (Å²) in [5.74, 6) is -0.330. The van der Waals surface area contributed by atoms with Crippen LogP contribution in [0, 0.1) is 0 Å². The molecule has 4 N–H and O–H groups in total. The number of thiophene rings is 1. The van der Waals surface area contributed by atoms with Crippen molar-refractivity contribution >= 4 is 33.2 Å². The first-order chi connectivity index (χ1) is 18.4. The van der Waals surface area contributed by atoms with Gasteiger partial charge < -0.3 is 15.1 Å². The molecule has 204 valence electrons. The minimum atomic E-state index is -3.69. The molecular weight excluding hydrogens is 532 g/mol. The molecule has 0 aliphatic carbocycles. The lowest BCUT2D eigenvalue weighted by molar-refractivity contribution is 0.0705. The standard InChI is InChI=1S/C24H30N6O6S2/c31-12-10-28(11-13-32)17-22-21(5-14-37-22)18-1-3-20(4-2-18)38(35,36)30-8-6-29(7-9-30)24-25-15-19(16-26-24)23(33)27-34/h1-5,14-16,31-32,34H,6-13,17H2,(H,27,33). The smallest absolute Gasteiger partial charge is 0.277 e. The highest BCUT2D eigenvalue weighted by Crippen LogP contribution is 2.31. The number of hydroxylamine groups is 1. The van der Waals surface area contributed by atoms with Crippen LogP contribution in [-0.2, 0) is 16.6 Å². The molecule has 0 saturated carbocycles. The molecule has 0 spiro atoms. The summed E-state index contributed by atoms with van der Waals surface area (Å²) in [5.41, 5.74) is 3.53. The molecule has 1 amide bonds. The maximum absolute atomic E-state index is 13.3. The number of anilines is 1. The van der Waals surface area contributed by atoms with Crippen molar-refractivity contribution < 1.29 is 28.6 Å². The minimum absolute atomic E-state index is 0.00415. The zero-order valence-corrected chi connectivity index (χ0v) is 22.2. The first-order valence-corrected chi connectivity index (χ1v) is 14.3. The van der Waals surface area contributed by atoms with Crippen LogP contribution in [-0.4, -0.2) is 101 Å². The molecule has 3 heterocycles. The highest BCUT2D eigenvalue weighted by Gasteiger charge is 2.29. The number of carbonyl (C=O) groups is 1. The zero-order valence-electron chi connectivity index (χ0n) is 20.6. The van der Waals surface area contributed by atoms with Gasteiger partial charge in [0.05, 0.1) is 23.7 Å². The van der Waals surface area contributed by atoms with E-state index in [0.29, 0.717) is 38.7 Å². The van der Waals surface area contributed by atoms with Crippen molar-refractivity contribution in [1.82, 2.24) is 24.7 Å². The van der Waals surface area contributed by atoms with Gasteiger partial charge in [-0.1, -0.05) is 12.1 Å². The van der Waals surface area contributed by atoms with Gasteiger partial charge in [0.25, 0.3) is 5.91 Å². The van der Waals surface area contributed by atoms with Crippen molar-refractivity contribution in [3.63, 3.8) is 0 Å². The lowest BCUT2D eigenvalue weighted by atomic mass is 10.1. The Kier molecular flexibility index (Phi) is 9.38. The molecule has 0 atom stereocenters. The van der Waals surface area contributed by atoms with Gasteiger partial charge in [-0.2, -0.15) is 4.31 Å². The van der Waals surface area contributed by atoms with Crippen LogP contribution in [0.1, 0.15) is 15.2 Å². The lowest BCUT2D eigenvalue weighted by Gasteiger charge is -2.34. The fourth-order valence-corrected chi connectivity index (χ4v) is 6.59. The van der Waals surface area contributed by atoms with Crippen LogP contribution in [0.25, 0.3) is 11.1 Å². The van der Waals surface area contributed by atoms with Crippen LogP contribution in [0.5, 0.6) is 0 Å². The SMILES string of the molecule is O=C(NO)c1cnc(N2CCN(S(=O)(=O)c3ccc(-c4ccsc4CN(CCO)CCO)cc3)CC2)nc1. The summed E-state index contributed by atoms with van der Waals surface area (Å²) in [6.45, 7) is 2.80. The second-order valence-corrected chi connectivity index (χ2v) is 11.5. The van der Waals surface area contributed by atoms with Crippen molar-refractivity contribution in [2.75, 3.05) is 57.4 Å². The number of hydrogen-bond acceptors (Lipinski definition) is 11. The summed E-state index contributed by atoms with van der Waals surface area (Å²) in [6.07, 6.45) is 2.60. The highest BCUT2D eigenvalue weighted by molar-refractivity contribution is 7.89. The third kappa shape index (κ3) is 6.35. The van der Waals surface area contributed by atoms with Gasteiger partial charge in [0.15, 0.2) is 0 Å². The van der Waals surface area contributed by atoms with Gasteiger partial charge in [-0.3, -0.25) is 14.9 Å². The molecule has 1 aliphatic heterocycles.